The van der Waals surface area contributed by atoms with Crippen LogP contribution in [0.2, 0.25) is 0 Å². The van der Waals surface area contributed by atoms with Gasteiger partial charge in [-0.1, -0.05) is 0 Å². The van der Waals surface area contributed by atoms with Gasteiger partial charge in [-0.3, -0.25) is 0 Å². The van der Waals surface area contributed by atoms with Gasteiger partial charge >= 0.3 is 0 Å². The molecule has 5 nitrogen and oxygen atoms in total. The lowest BCUT2D eigenvalue weighted by Gasteiger charge is -2.21. The van der Waals surface area contributed by atoms with Crippen LogP contribution in [-0.2, 0) is 4.74 Å². The quantitative estimate of drug-likeness (QED) is 0.459. The molecule has 0 aliphatic carbocycles. The third kappa shape index (κ3) is 4.44. The molecule has 0 aromatic rings. The molecule has 0 aliphatic heterocycles. The van der Waals surface area contributed by atoms with Crippen molar-refractivity contribution in [2.45, 2.75) is 31.7 Å². The molecule has 0 spiro atoms. The number of rotatable bonds is 5. The average molecular weight is 184 g/mol. The van der Waals surface area contributed by atoms with Gasteiger partial charge in [-0.25, -0.2) is 0 Å². The van der Waals surface area contributed by atoms with Gasteiger partial charge < -0.3 is 14.9 Å². The van der Waals surface area contributed by atoms with E-state index in [9.17, 15) is 5.11 Å². The average Bonchev–Trinajstić information content (AvgIpc) is 2.05. The minimum absolute atomic E-state index is 0.128. The zero-order valence-corrected chi connectivity index (χ0v) is 7.40. The van der Waals surface area contributed by atoms with Gasteiger partial charge in [0.15, 0.2) is 0 Å². The molecule has 13 heavy (non-hydrogen) atoms. The normalized spacial score (nSPS) is 16.7. The van der Waals surface area contributed by atoms with Crippen molar-refractivity contribution in [3.8, 4) is 12.1 Å². The van der Waals surface area contributed by atoms with E-state index in [0.29, 0.717) is 0 Å². The number of hydrogen-bond acceptors (Lipinski definition) is 5. The van der Waals surface area contributed by atoms with Crippen LogP contribution in [0.3, 0.4) is 0 Å². The maximum atomic E-state index is 9.36. The third-order valence-corrected chi connectivity index (χ3v) is 1.40. The first-order valence-corrected chi connectivity index (χ1v) is 3.90. The highest BCUT2D eigenvalue weighted by molar-refractivity contribution is 4.95. The van der Waals surface area contributed by atoms with Crippen LogP contribution in [0.4, 0.5) is 0 Å². The molecular weight excluding hydrogens is 172 g/mol. The Hall–Kier alpha value is -1.14. The molecule has 0 aromatic carbocycles. The molecule has 0 rings (SSSR count). The SMILES string of the molecule is CCOC(O)(C#N)CC(O)CC#N. The Morgan fingerprint density at radius 1 is 1.54 bits per heavy atom. The molecule has 72 valence electrons. The highest BCUT2D eigenvalue weighted by atomic mass is 16.6. The van der Waals surface area contributed by atoms with Crippen molar-refractivity contribution in [3.63, 3.8) is 0 Å². The monoisotopic (exact) mass is 184 g/mol. The summed E-state index contributed by atoms with van der Waals surface area (Å²) in [6.07, 6.45) is -1.44. The van der Waals surface area contributed by atoms with E-state index >= 15 is 0 Å². The molecule has 0 radical (unpaired) electrons. The summed E-state index contributed by atoms with van der Waals surface area (Å²) in [6.45, 7) is 1.79. The molecule has 0 saturated heterocycles. The molecule has 2 atom stereocenters. The lowest BCUT2D eigenvalue weighted by atomic mass is 10.1. The summed E-state index contributed by atoms with van der Waals surface area (Å²) in [7, 11) is 0. The van der Waals surface area contributed by atoms with Crippen LogP contribution < -0.4 is 0 Å². The van der Waals surface area contributed by atoms with E-state index in [2.05, 4.69) is 0 Å². The highest BCUT2D eigenvalue weighted by Gasteiger charge is 2.30. The van der Waals surface area contributed by atoms with Crippen LogP contribution in [0.25, 0.3) is 0 Å². The van der Waals surface area contributed by atoms with Crippen LogP contribution in [0.1, 0.15) is 19.8 Å². The van der Waals surface area contributed by atoms with Gasteiger partial charge in [-0.2, -0.15) is 10.5 Å². The van der Waals surface area contributed by atoms with Crippen molar-refractivity contribution >= 4 is 0 Å². The summed E-state index contributed by atoms with van der Waals surface area (Å²) in [5, 5.41) is 35.2. The van der Waals surface area contributed by atoms with Crippen LogP contribution in [0, 0.1) is 22.7 Å². The predicted octanol–water partition coefficient (Wildman–Crippen LogP) is -0.100. The van der Waals surface area contributed by atoms with E-state index in [0.717, 1.165) is 0 Å². The fourth-order valence-corrected chi connectivity index (χ4v) is 0.873. The van der Waals surface area contributed by atoms with Gasteiger partial charge in [-0.05, 0) is 6.92 Å². The lowest BCUT2D eigenvalue weighted by Crippen LogP contribution is -2.34. The number of aliphatic hydroxyl groups is 2. The van der Waals surface area contributed by atoms with Crippen LogP contribution in [-0.4, -0.2) is 28.7 Å². The second kappa shape index (κ2) is 5.50. The summed E-state index contributed by atoms with van der Waals surface area (Å²) >= 11 is 0. The minimum atomic E-state index is -1.98. The summed E-state index contributed by atoms with van der Waals surface area (Å²) in [6, 6.07) is 3.26. The first-order chi connectivity index (χ1) is 6.08. The van der Waals surface area contributed by atoms with Crippen LogP contribution in [0.15, 0.2) is 0 Å². The number of hydrogen-bond donors (Lipinski definition) is 2. The minimum Gasteiger partial charge on any atom is -0.392 e. The Morgan fingerprint density at radius 2 is 2.15 bits per heavy atom. The Balaban J connectivity index is 4.13. The largest absolute Gasteiger partial charge is 0.392 e. The smallest absolute Gasteiger partial charge is 0.259 e. The van der Waals surface area contributed by atoms with E-state index in [1.807, 2.05) is 0 Å². The summed E-state index contributed by atoms with van der Waals surface area (Å²) in [4.78, 5) is 0. The molecule has 0 heterocycles. The van der Waals surface area contributed by atoms with Crippen molar-refractivity contribution < 1.29 is 14.9 Å². The van der Waals surface area contributed by atoms with Crippen molar-refractivity contribution in [1.29, 1.82) is 10.5 Å². The fourth-order valence-electron chi connectivity index (χ4n) is 0.873. The van der Waals surface area contributed by atoms with Gasteiger partial charge in [-0.15, -0.1) is 0 Å². The van der Waals surface area contributed by atoms with Crippen molar-refractivity contribution in [2.75, 3.05) is 6.61 Å². The van der Waals surface area contributed by atoms with Gasteiger partial charge in [0.05, 0.1) is 18.6 Å². The summed E-state index contributed by atoms with van der Waals surface area (Å²) in [5.74, 6) is -1.98. The molecule has 2 N–H and O–H groups in total. The van der Waals surface area contributed by atoms with E-state index in [1.165, 1.54) is 6.07 Å². The third-order valence-electron chi connectivity index (χ3n) is 1.40. The lowest BCUT2D eigenvalue weighted by molar-refractivity contribution is -0.174. The molecule has 5 heteroatoms. The van der Waals surface area contributed by atoms with Crippen molar-refractivity contribution in [1.82, 2.24) is 0 Å². The highest BCUT2D eigenvalue weighted by Crippen LogP contribution is 2.15. The zero-order valence-electron chi connectivity index (χ0n) is 7.40. The Labute approximate surface area is 76.8 Å². The predicted molar refractivity (Wildman–Crippen MR) is 43.0 cm³/mol. The Morgan fingerprint density at radius 3 is 2.54 bits per heavy atom. The maximum Gasteiger partial charge on any atom is 0.259 e. The molecule has 0 aliphatic rings. The van der Waals surface area contributed by atoms with Crippen LogP contribution >= 0.6 is 0 Å². The zero-order chi connectivity index (χ0) is 10.3. The molecule has 0 fully saturated rings. The van der Waals surface area contributed by atoms with Gasteiger partial charge in [0.25, 0.3) is 5.79 Å². The van der Waals surface area contributed by atoms with Gasteiger partial charge in [0.2, 0.25) is 0 Å². The number of nitrogens with zero attached hydrogens (tertiary/aromatic N) is 2. The first-order valence-electron chi connectivity index (χ1n) is 3.90. The van der Waals surface area contributed by atoms with Crippen molar-refractivity contribution in [2.24, 2.45) is 0 Å². The molecular formula is C8H12N2O3. The van der Waals surface area contributed by atoms with E-state index < -0.39 is 11.9 Å². The van der Waals surface area contributed by atoms with Gasteiger partial charge in [0, 0.05) is 13.0 Å². The molecule has 2 unspecified atom stereocenters. The van der Waals surface area contributed by atoms with Gasteiger partial charge in [0.1, 0.15) is 6.07 Å². The summed E-state index contributed by atoms with van der Waals surface area (Å²) < 4.78 is 4.72. The maximum absolute atomic E-state index is 9.36. The molecule has 0 aromatic heterocycles. The second-order valence-corrected chi connectivity index (χ2v) is 2.55. The molecule has 0 bridgehead atoms. The van der Waals surface area contributed by atoms with E-state index in [-0.39, 0.29) is 19.4 Å². The second-order valence-electron chi connectivity index (χ2n) is 2.55. The van der Waals surface area contributed by atoms with E-state index in [1.54, 1.807) is 13.0 Å². The number of aliphatic hydroxyl groups excluding tert-OH is 1. The Bertz CT molecular complexity index is 231. The van der Waals surface area contributed by atoms with Crippen LogP contribution in [0.5, 0.6) is 0 Å². The first kappa shape index (κ1) is 11.9. The van der Waals surface area contributed by atoms with Crippen molar-refractivity contribution in [3.05, 3.63) is 0 Å². The summed E-state index contributed by atoms with van der Waals surface area (Å²) in [5.41, 5.74) is 0. The Kier molecular flexibility index (Phi) is 5.01. The fraction of sp³-hybridized carbons (Fsp3) is 0.750. The van der Waals surface area contributed by atoms with E-state index in [4.69, 9.17) is 20.4 Å². The standard InChI is InChI=1S/C8H12N2O3/c1-2-13-8(12,6-10)5-7(11)3-4-9/h7,11-12H,2-3,5H2,1H3. The number of nitriles is 2. The molecule has 0 amide bonds. The topological polar surface area (TPSA) is 97.3 Å². The molecule has 0 saturated carbocycles. The number of ether oxygens (including phenoxy) is 1.